The zero-order valence-electron chi connectivity index (χ0n) is 18.0. The summed E-state index contributed by atoms with van der Waals surface area (Å²) in [7, 11) is -2.89. The van der Waals surface area contributed by atoms with Crippen molar-refractivity contribution < 1.29 is 13.2 Å². The zero-order chi connectivity index (χ0) is 25.9. The number of halogens is 3. The van der Waals surface area contributed by atoms with Gasteiger partial charge in [0, 0.05) is 17.5 Å². The maximum Gasteiger partial charge on any atom is 0.333 e. The molecule has 9 nitrogen and oxygen atoms in total. The van der Waals surface area contributed by atoms with Gasteiger partial charge in [-0.25, -0.2) is 22.5 Å². The van der Waals surface area contributed by atoms with E-state index in [1.54, 1.807) is 30.3 Å². The summed E-state index contributed by atoms with van der Waals surface area (Å²) in [6, 6.07) is 12.1. The van der Waals surface area contributed by atoms with Crippen molar-refractivity contribution in [3.63, 3.8) is 0 Å². The third kappa shape index (κ3) is 3.93. The average molecular weight is 584 g/mol. The fraction of sp³-hybridized carbons (Fsp3) is 0.0455. The first kappa shape index (κ1) is 24.6. The molecule has 3 aromatic heterocycles. The maximum absolute atomic E-state index is 13.4. The normalized spacial score (nSPS) is 11.9. The predicted octanol–water partition coefficient (Wildman–Crippen LogP) is 4.31. The minimum Gasteiger partial charge on any atom is -0.338 e. The van der Waals surface area contributed by atoms with Crippen molar-refractivity contribution in [2.45, 2.75) is 4.21 Å². The van der Waals surface area contributed by atoms with Crippen LogP contribution in [0.15, 0.2) is 62.3 Å². The number of hydrogen-bond donors (Lipinski definition) is 2. The van der Waals surface area contributed by atoms with Crippen molar-refractivity contribution in [3.05, 3.63) is 89.4 Å². The lowest BCUT2D eigenvalue weighted by Crippen LogP contribution is -2.37. The summed E-state index contributed by atoms with van der Waals surface area (Å²) in [6.45, 7) is 0. The minimum absolute atomic E-state index is 0.0173. The highest BCUT2D eigenvalue weighted by Crippen LogP contribution is 2.35. The first-order chi connectivity index (χ1) is 17.0. The second kappa shape index (κ2) is 8.79. The van der Waals surface area contributed by atoms with Gasteiger partial charge in [-0.2, -0.15) is 0 Å². The van der Waals surface area contributed by atoms with E-state index in [2.05, 4.69) is 4.98 Å². The van der Waals surface area contributed by atoms with Crippen LogP contribution in [0.5, 0.6) is 0 Å². The predicted molar refractivity (Wildman–Crippen MR) is 141 cm³/mol. The Morgan fingerprint density at radius 1 is 1.03 bits per heavy atom. The number of amides is 1. The zero-order valence-corrected chi connectivity index (χ0v) is 21.9. The molecule has 0 aliphatic carbocycles. The number of thiophene rings is 1. The van der Waals surface area contributed by atoms with Crippen LogP contribution in [0.2, 0.25) is 14.4 Å². The molecule has 2 N–H and O–H groups in total. The Bertz CT molecular complexity index is 1930. The van der Waals surface area contributed by atoms with Gasteiger partial charge >= 0.3 is 5.69 Å². The van der Waals surface area contributed by atoms with Crippen LogP contribution in [0.1, 0.15) is 10.5 Å². The summed E-state index contributed by atoms with van der Waals surface area (Å²) in [4.78, 5) is 42.6. The Labute approximate surface area is 221 Å². The summed E-state index contributed by atoms with van der Waals surface area (Å²) < 4.78 is 29.7. The van der Waals surface area contributed by atoms with Crippen molar-refractivity contribution in [2.24, 2.45) is 7.05 Å². The van der Waals surface area contributed by atoms with E-state index in [4.69, 9.17) is 34.8 Å². The number of hydrogen-bond acceptors (Lipinski definition) is 6. The van der Waals surface area contributed by atoms with E-state index in [-0.39, 0.29) is 40.7 Å². The van der Waals surface area contributed by atoms with E-state index in [1.165, 1.54) is 23.7 Å². The molecule has 0 bridgehead atoms. The third-order valence-electron chi connectivity index (χ3n) is 5.49. The van der Waals surface area contributed by atoms with Crippen molar-refractivity contribution in [3.8, 4) is 5.69 Å². The quantitative estimate of drug-likeness (QED) is 0.326. The highest BCUT2D eigenvalue weighted by Gasteiger charge is 2.29. The Balaban J connectivity index is 1.79. The van der Waals surface area contributed by atoms with Crippen LogP contribution < -0.4 is 16.0 Å². The number of aryl methyl sites for hydroxylation is 1. The minimum atomic E-state index is -4.39. The van der Waals surface area contributed by atoms with Crippen molar-refractivity contribution in [1.82, 2.24) is 18.8 Å². The van der Waals surface area contributed by atoms with Crippen molar-refractivity contribution >= 4 is 83.9 Å². The lowest BCUT2D eigenvalue weighted by Gasteiger charge is -2.11. The van der Waals surface area contributed by atoms with Gasteiger partial charge in [0.25, 0.3) is 21.5 Å². The standard InChI is InChI=1S/C22H13Cl3N4O5S2/c1-28-15-7-6-10(23)8-12(15)17(29-21(31)11-4-2-3-5-14(11)26-22(29)32)18(28)20(30)27-36(33,34)16-9-13(24)19(25)35-16/h2-9H,1H3,(H,26,32)(H,27,30). The number of fused-ring (bicyclic) bond motifs is 2. The van der Waals surface area contributed by atoms with Crippen LogP contribution in [-0.4, -0.2) is 28.4 Å². The van der Waals surface area contributed by atoms with Gasteiger partial charge in [0.1, 0.15) is 14.2 Å². The van der Waals surface area contributed by atoms with Gasteiger partial charge in [-0.1, -0.05) is 46.9 Å². The van der Waals surface area contributed by atoms with Gasteiger partial charge in [0.15, 0.2) is 0 Å². The van der Waals surface area contributed by atoms with Gasteiger partial charge < -0.3 is 9.55 Å². The molecular weight excluding hydrogens is 571 g/mol. The molecule has 0 fully saturated rings. The van der Waals surface area contributed by atoms with E-state index >= 15 is 0 Å². The number of H-pyrrole nitrogens is 1. The van der Waals surface area contributed by atoms with Gasteiger partial charge in [0.2, 0.25) is 0 Å². The molecular formula is C22H13Cl3N4O5S2. The Kier molecular flexibility index (Phi) is 6.00. The molecule has 5 aromatic rings. The first-order valence-electron chi connectivity index (χ1n) is 10.0. The number of nitrogens with zero attached hydrogens (tertiary/aromatic N) is 2. The fourth-order valence-corrected chi connectivity index (χ4v) is 6.93. The Morgan fingerprint density at radius 2 is 1.75 bits per heavy atom. The molecule has 0 aliphatic heterocycles. The summed E-state index contributed by atoms with van der Waals surface area (Å²) in [6.07, 6.45) is 0. The van der Waals surface area contributed by atoms with Gasteiger partial charge in [-0.3, -0.25) is 9.59 Å². The number of benzene rings is 2. The van der Waals surface area contributed by atoms with Crippen molar-refractivity contribution in [1.29, 1.82) is 0 Å². The second-order valence-corrected chi connectivity index (χ2v) is 12.1. The average Bonchev–Trinajstić information content (AvgIpc) is 3.30. The lowest BCUT2D eigenvalue weighted by molar-refractivity contribution is 0.0974. The molecule has 5 rings (SSSR count). The first-order valence-corrected chi connectivity index (χ1v) is 13.5. The molecule has 0 unspecified atom stereocenters. The van der Waals surface area contributed by atoms with Crippen molar-refractivity contribution in [2.75, 3.05) is 0 Å². The molecule has 0 saturated carbocycles. The molecule has 36 heavy (non-hydrogen) atoms. The molecule has 2 aromatic carbocycles. The van der Waals surface area contributed by atoms with Crippen LogP contribution >= 0.6 is 46.1 Å². The number of carbonyl (C=O) groups is 1. The van der Waals surface area contributed by atoms with Gasteiger partial charge in [-0.15, -0.1) is 11.3 Å². The fourth-order valence-electron chi connectivity index (χ4n) is 3.93. The summed E-state index contributed by atoms with van der Waals surface area (Å²) in [5.41, 5.74) is -1.16. The Morgan fingerprint density at radius 3 is 2.44 bits per heavy atom. The summed E-state index contributed by atoms with van der Waals surface area (Å²) in [5, 5.41) is 0.779. The molecule has 0 aliphatic rings. The third-order valence-corrected chi connectivity index (χ3v) is 9.40. The highest BCUT2D eigenvalue weighted by molar-refractivity contribution is 7.92. The van der Waals surface area contributed by atoms with Crippen LogP contribution in [0.4, 0.5) is 0 Å². The van der Waals surface area contributed by atoms with E-state index in [1.807, 2.05) is 4.72 Å². The van der Waals surface area contributed by atoms with E-state index in [0.717, 1.165) is 10.6 Å². The Hall–Kier alpha value is -3.09. The molecule has 3 heterocycles. The van der Waals surface area contributed by atoms with Crippen LogP contribution in [0.25, 0.3) is 27.5 Å². The molecule has 14 heteroatoms. The van der Waals surface area contributed by atoms with Gasteiger partial charge in [0.05, 0.1) is 27.1 Å². The van der Waals surface area contributed by atoms with Crippen LogP contribution in [0, 0.1) is 0 Å². The monoisotopic (exact) mass is 582 g/mol. The number of para-hydroxylation sites is 1. The number of rotatable bonds is 4. The molecule has 184 valence electrons. The SMILES string of the molecule is Cn1c(C(=O)NS(=O)(=O)c2cc(Cl)c(Cl)s2)c(-n2c(=O)[nH]c3ccccc3c2=O)c2cc(Cl)ccc21. The number of aromatic nitrogens is 3. The highest BCUT2D eigenvalue weighted by atomic mass is 35.5. The lowest BCUT2D eigenvalue weighted by atomic mass is 10.2. The summed E-state index contributed by atoms with van der Waals surface area (Å²) >= 11 is 18.6. The number of sulfonamides is 1. The topological polar surface area (TPSA) is 123 Å². The maximum atomic E-state index is 13.4. The molecule has 0 saturated heterocycles. The number of aromatic amines is 1. The van der Waals surface area contributed by atoms with Crippen LogP contribution in [0.3, 0.4) is 0 Å². The van der Waals surface area contributed by atoms with E-state index in [9.17, 15) is 22.8 Å². The van der Waals surface area contributed by atoms with Gasteiger partial charge in [-0.05, 0) is 36.4 Å². The van der Waals surface area contributed by atoms with E-state index < -0.39 is 27.2 Å². The molecule has 0 atom stereocenters. The van der Waals surface area contributed by atoms with Crippen LogP contribution in [-0.2, 0) is 17.1 Å². The smallest absolute Gasteiger partial charge is 0.333 e. The van der Waals surface area contributed by atoms with E-state index in [0.29, 0.717) is 22.4 Å². The molecule has 0 spiro atoms. The largest absolute Gasteiger partial charge is 0.338 e. The second-order valence-electron chi connectivity index (χ2n) is 7.66. The molecule has 1 amide bonds. The summed E-state index contributed by atoms with van der Waals surface area (Å²) in [5.74, 6) is -1.08. The number of carbonyl (C=O) groups excluding carboxylic acids is 1. The molecule has 0 radical (unpaired) electrons. The number of nitrogens with one attached hydrogen (secondary N) is 2.